The number of aromatic nitrogens is 4. The number of carbonyl (C=O) groups excluding carboxylic acids is 1. The number of benzene rings is 2. The van der Waals surface area contributed by atoms with Crippen LogP contribution in [0.2, 0.25) is 0 Å². The fourth-order valence-corrected chi connectivity index (χ4v) is 4.46. The number of hydrogen-bond donors (Lipinski definition) is 2. The number of anilines is 1. The van der Waals surface area contributed by atoms with Crippen molar-refractivity contribution < 1.29 is 4.79 Å². The molecule has 4 rings (SSSR count). The SMILES string of the molecule is CC1C(C)(C)c2ccc(/C=C/c3ccc(C(=O)Nc4nn[nH]n4)cc3)cc2C1(C)C. The predicted molar refractivity (Wildman–Crippen MR) is 119 cm³/mol. The van der Waals surface area contributed by atoms with E-state index in [1.54, 1.807) is 12.1 Å². The normalized spacial score (nSPS) is 19.0. The fourth-order valence-electron chi connectivity index (χ4n) is 4.46. The van der Waals surface area contributed by atoms with Gasteiger partial charge in [-0.3, -0.25) is 10.1 Å². The van der Waals surface area contributed by atoms with Crippen LogP contribution < -0.4 is 5.32 Å². The lowest BCUT2D eigenvalue weighted by Gasteiger charge is -2.32. The molecule has 0 radical (unpaired) electrons. The lowest BCUT2D eigenvalue weighted by molar-refractivity contribution is 0.102. The summed E-state index contributed by atoms with van der Waals surface area (Å²) in [6, 6.07) is 14.2. The zero-order valence-corrected chi connectivity index (χ0v) is 18.0. The topological polar surface area (TPSA) is 83.6 Å². The summed E-state index contributed by atoms with van der Waals surface area (Å²) < 4.78 is 0. The van der Waals surface area contributed by atoms with Gasteiger partial charge in [-0.1, -0.05) is 82.2 Å². The molecule has 0 fully saturated rings. The van der Waals surface area contributed by atoms with Crippen LogP contribution in [0.15, 0.2) is 42.5 Å². The summed E-state index contributed by atoms with van der Waals surface area (Å²) in [5, 5.41) is 15.7. The Bertz CT molecular complexity index is 1100. The summed E-state index contributed by atoms with van der Waals surface area (Å²) in [4.78, 5) is 12.2. The van der Waals surface area contributed by atoms with Gasteiger partial charge in [0.15, 0.2) is 0 Å². The van der Waals surface area contributed by atoms with Gasteiger partial charge in [0.25, 0.3) is 11.9 Å². The minimum absolute atomic E-state index is 0.149. The number of H-pyrrole nitrogens is 1. The zero-order valence-electron chi connectivity index (χ0n) is 18.0. The quantitative estimate of drug-likeness (QED) is 0.614. The molecule has 1 atom stereocenters. The van der Waals surface area contributed by atoms with Gasteiger partial charge >= 0.3 is 0 Å². The van der Waals surface area contributed by atoms with Crippen LogP contribution in [-0.2, 0) is 10.8 Å². The molecule has 154 valence electrons. The van der Waals surface area contributed by atoms with Gasteiger partial charge in [-0.15, -0.1) is 5.10 Å². The third kappa shape index (κ3) is 3.43. The van der Waals surface area contributed by atoms with E-state index >= 15 is 0 Å². The van der Waals surface area contributed by atoms with Gasteiger partial charge in [-0.05, 0) is 56.3 Å². The van der Waals surface area contributed by atoms with Crippen molar-refractivity contribution in [1.29, 1.82) is 0 Å². The maximum atomic E-state index is 12.2. The minimum atomic E-state index is -0.274. The first kappa shape index (κ1) is 20.0. The first-order valence-electron chi connectivity index (χ1n) is 10.2. The molecule has 1 amide bonds. The summed E-state index contributed by atoms with van der Waals surface area (Å²) in [6.45, 7) is 11.7. The second-order valence-electron chi connectivity index (χ2n) is 9.11. The monoisotopic (exact) mass is 401 g/mol. The molecule has 0 bridgehead atoms. The molecule has 0 saturated heterocycles. The van der Waals surface area contributed by atoms with Crippen LogP contribution in [-0.4, -0.2) is 26.5 Å². The molecule has 1 heterocycles. The largest absolute Gasteiger partial charge is 0.288 e. The minimum Gasteiger partial charge on any atom is -0.288 e. The average molecular weight is 402 g/mol. The molecular weight excluding hydrogens is 374 g/mol. The average Bonchev–Trinajstić information content (AvgIpc) is 3.28. The Morgan fingerprint density at radius 1 is 0.967 bits per heavy atom. The second kappa shape index (κ2) is 7.20. The molecule has 0 spiro atoms. The van der Waals surface area contributed by atoms with Gasteiger partial charge < -0.3 is 0 Å². The summed E-state index contributed by atoms with van der Waals surface area (Å²) in [5.74, 6) is 0.455. The maximum absolute atomic E-state index is 12.2. The highest BCUT2D eigenvalue weighted by Gasteiger charge is 2.48. The summed E-state index contributed by atoms with van der Waals surface area (Å²) in [7, 11) is 0. The number of rotatable bonds is 4. The van der Waals surface area contributed by atoms with Crippen molar-refractivity contribution in [2.24, 2.45) is 5.92 Å². The summed E-state index contributed by atoms with van der Waals surface area (Å²) >= 11 is 0. The number of amides is 1. The van der Waals surface area contributed by atoms with Gasteiger partial charge in [-0.2, -0.15) is 5.21 Å². The molecule has 2 N–H and O–H groups in total. The number of hydrogen-bond acceptors (Lipinski definition) is 4. The highest BCUT2D eigenvalue weighted by molar-refractivity contribution is 6.03. The number of tetrazole rings is 1. The van der Waals surface area contributed by atoms with Crippen molar-refractivity contribution in [3.63, 3.8) is 0 Å². The first-order chi connectivity index (χ1) is 14.2. The Morgan fingerprint density at radius 3 is 2.27 bits per heavy atom. The smallest absolute Gasteiger partial charge is 0.270 e. The van der Waals surface area contributed by atoms with Crippen molar-refractivity contribution in [1.82, 2.24) is 20.6 Å². The van der Waals surface area contributed by atoms with Crippen LogP contribution in [0.4, 0.5) is 5.95 Å². The third-order valence-corrected chi connectivity index (χ3v) is 6.81. The van der Waals surface area contributed by atoms with Gasteiger partial charge in [-0.25, -0.2) is 0 Å². The molecule has 2 aromatic carbocycles. The lowest BCUT2D eigenvalue weighted by Crippen LogP contribution is -2.30. The molecule has 3 aromatic rings. The molecular formula is C24H27N5O. The van der Waals surface area contributed by atoms with E-state index in [9.17, 15) is 4.79 Å². The van der Waals surface area contributed by atoms with E-state index in [2.05, 4.69) is 90.9 Å². The summed E-state index contributed by atoms with van der Waals surface area (Å²) in [5.41, 5.74) is 5.97. The number of nitrogens with zero attached hydrogens (tertiary/aromatic N) is 3. The molecule has 6 heteroatoms. The van der Waals surface area contributed by atoms with Crippen LogP contribution in [0.1, 0.15) is 67.2 Å². The molecule has 6 nitrogen and oxygen atoms in total. The number of nitrogens with one attached hydrogen (secondary N) is 2. The standard InChI is InChI=1S/C24H27N5O/c1-15-23(2,3)19-13-10-17(14-20(19)24(15,4)5)7-6-16-8-11-18(12-9-16)21(30)25-22-26-28-29-27-22/h6-15H,1-5H3,(H2,25,26,27,28,29,30)/b7-6+. The molecule has 1 aliphatic rings. The van der Waals surface area contributed by atoms with Crippen molar-refractivity contribution in [3.05, 3.63) is 70.3 Å². The number of carbonyl (C=O) groups is 1. The number of fused-ring (bicyclic) bond motifs is 1. The number of aromatic amines is 1. The van der Waals surface area contributed by atoms with Gasteiger partial charge in [0.1, 0.15) is 0 Å². The Hall–Kier alpha value is -3.28. The van der Waals surface area contributed by atoms with Crippen molar-refractivity contribution >= 4 is 24.0 Å². The van der Waals surface area contributed by atoms with Crippen molar-refractivity contribution in [3.8, 4) is 0 Å². The van der Waals surface area contributed by atoms with E-state index in [1.165, 1.54) is 16.7 Å². The highest BCUT2D eigenvalue weighted by atomic mass is 16.1. The van der Waals surface area contributed by atoms with E-state index in [0.29, 0.717) is 11.5 Å². The molecule has 1 aromatic heterocycles. The van der Waals surface area contributed by atoms with Crippen LogP contribution in [0.25, 0.3) is 12.2 Å². The molecule has 1 aliphatic carbocycles. The Kier molecular flexibility index (Phi) is 4.80. The first-order valence-corrected chi connectivity index (χ1v) is 10.2. The van der Waals surface area contributed by atoms with Gasteiger partial charge in [0, 0.05) is 5.56 Å². The summed E-state index contributed by atoms with van der Waals surface area (Å²) in [6.07, 6.45) is 4.19. The molecule has 30 heavy (non-hydrogen) atoms. The second-order valence-corrected chi connectivity index (χ2v) is 9.11. The van der Waals surface area contributed by atoms with E-state index in [0.717, 1.165) is 5.56 Å². The van der Waals surface area contributed by atoms with Crippen LogP contribution in [0.3, 0.4) is 0 Å². The third-order valence-electron chi connectivity index (χ3n) is 6.81. The Labute approximate surface area is 176 Å². The van der Waals surface area contributed by atoms with E-state index < -0.39 is 0 Å². The van der Waals surface area contributed by atoms with E-state index in [-0.39, 0.29) is 22.7 Å². The zero-order chi connectivity index (χ0) is 21.5. The van der Waals surface area contributed by atoms with Crippen molar-refractivity contribution in [2.75, 3.05) is 5.32 Å². The predicted octanol–water partition coefficient (Wildman–Crippen LogP) is 4.83. The van der Waals surface area contributed by atoms with E-state index in [4.69, 9.17) is 0 Å². The van der Waals surface area contributed by atoms with Gasteiger partial charge in [0.2, 0.25) is 0 Å². The van der Waals surface area contributed by atoms with Crippen molar-refractivity contribution in [2.45, 2.75) is 45.4 Å². The fraction of sp³-hybridized carbons (Fsp3) is 0.333. The highest BCUT2D eigenvalue weighted by Crippen LogP contribution is 2.53. The van der Waals surface area contributed by atoms with Crippen LogP contribution in [0.5, 0.6) is 0 Å². The molecule has 1 unspecified atom stereocenters. The van der Waals surface area contributed by atoms with Gasteiger partial charge in [0.05, 0.1) is 0 Å². The Balaban J connectivity index is 1.51. The van der Waals surface area contributed by atoms with Crippen LogP contribution >= 0.6 is 0 Å². The van der Waals surface area contributed by atoms with E-state index in [1.807, 2.05) is 12.1 Å². The maximum Gasteiger partial charge on any atom is 0.270 e. The Morgan fingerprint density at radius 2 is 1.60 bits per heavy atom. The lowest BCUT2D eigenvalue weighted by atomic mass is 9.71. The molecule has 0 aliphatic heterocycles. The van der Waals surface area contributed by atoms with Crippen LogP contribution in [0, 0.1) is 5.92 Å². The molecule has 0 saturated carbocycles.